The minimum atomic E-state index is -0.493. The number of aryl methyl sites for hydroxylation is 2. The summed E-state index contributed by atoms with van der Waals surface area (Å²) in [5.41, 5.74) is 9.06. The van der Waals surface area contributed by atoms with Crippen molar-refractivity contribution in [3.63, 3.8) is 0 Å². The number of nitrogens with one attached hydrogen (secondary N) is 1. The molecular weight excluding hydrogens is 267 g/mol. The van der Waals surface area contributed by atoms with Crippen molar-refractivity contribution < 1.29 is 9.13 Å². The second-order valence-corrected chi connectivity index (χ2v) is 5.13. The first-order valence-corrected chi connectivity index (χ1v) is 6.73. The van der Waals surface area contributed by atoms with Crippen LogP contribution in [0.1, 0.15) is 27.8 Å². The number of ether oxygens (including phenoxy) is 1. The third kappa shape index (κ3) is 3.05. The third-order valence-electron chi connectivity index (χ3n) is 3.61. The van der Waals surface area contributed by atoms with E-state index >= 15 is 0 Å². The van der Waals surface area contributed by atoms with E-state index in [1.807, 2.05) is 32.9 Å². The summed E-state index contributed by atoms with van der Waals surface area (Å²) in [6.07, 6.45) is 0. The zero-order valence-electron chi connectivity index (χ0n) is 12.5. The predicted molar refractivity (Wildman–Crippen MR) is 82.4 cm³/mol. The molecule has 0 spiro atoms. The number of rotatable bonds is 4. The summed E-state index contributed by atoms with van der Waals surface area (Å²) in [4.78, 5) is 0. The lowest BCUT2D eigenvalue weighted by molar-refractivity contribution is 0.295. The Labute approximate surface area is 124 Å². The Bertz CT molecular complexity index is 695. The molecule has 21 heavy (non-hydrogen) atoms. The monoisotopic (exact) mass is 286 g/mol. The number of nitrogen functional groups attached to an aromatic ring is 1. The molecule has 0 saturated carbocycles. The lowest BCUT2D eigenvalue weighted by atomic mass is 10.1. The molecule has 0 aliphatic carbocycles. The third-order valence-corrected chi connectivity index (χ3v) is 3.61. The maximum absolute atomic E-state index is 14.2. The molecule has 0 fully saturated rings. The van der Waals surface area contributed by atoms with Crippen molar-refractivity contribution in [2.75, 3.05) is 0 Å². The molecule has 2 aromatic rings. The summed E-state index contributed by atoms with van der Waals surface area (Å²) < 4.78 is 20.0. The zero-order valence-corrected chi connectivity index (χ0v) is 12.5. The van der Waals surface area contributed by atoms with E-state index in [1.165, 1.54) is 6.07 Å². The van der Waals surface area contributed by atoms with Gasteiger partial charge < -0.3 is 10.5 Å². The van der Waals surface area contributed by atoms with Crippen LogP contribution in [0.2, 0.25) is 0 Å². The van der Waals surface area contributed by atoms with Crippen LogP contribution in [0.25, 0.3) is 0 Å². The van der Waals surface area contributed by atoms with Gasteiger partial charge in [0.25, 0.3) is 0 Å². The van der Waals surface area contributed by atoms with Gasteiger partial charge in [0.15, 0.2) is 0 Å². The highest BCUT2D eigenvalue weighted by molar-refractivity contribution is 5.95. The molecule has 0 unspecified atom stereocenters. The van der Waals surface area contributed by atoms with E-state index in [1.54, 1.807) is 12.1 Å². The molecular formula is C17H19FN2O. The Morgan fingerprint density at radius 2 is 1.81 bits per heavy atom. The molecule has 0 bridgehead atoms. The van der Waals surface area contributed by atoms with Gasteiger partial charge in [-0.05, 0) is 43.5 Å². The van der Waals surface area contributed by atoms with E-state index in [0.717, 1.165) is 22.4 Å². The summed E-state index contributed by atoms with van der Waals surface area (Å²) in [6.45, 7) is 6.07. The van der Waals surface area contributed by atoms with Crippen molar-refractivity contribution in [3.8, 4) is 5.75 Å². The molecule has 0 radical (unpaired) electrons. The van der Waals surface area contributed by atoms with Gasteiger partial charge in [0.05, 0.1) is 5.56 Å². The van der Waals surface area contributed by atoms with E-state index in [9.17, 15) is 4.39 Å². The van der Waals surface area contributed by atoms with Crippen LogP contribution < -0.4 is 10.5 Å². The van der Waals surface area contributed by atoms with Gasteiger partial charge >= 0.3 is 0 Å². The lowest BCUT2D eigenvalue weighted by Gasteiger charge is -2.15. The van der Waals surface area contributed by atoms with Crippen molar-refractivity contribution in [2.45, 2.75) is 27.4 Å². The molecule has 3 N–H and O–H groups in total. The Hall–Kier alpha value is -2.36. The van der Waals surface area contributed by atoms with Gasteiger partial charge in [0, 0.05) is 5.56 Å². The van der Waals surface area contributed by atoms with Crippen molar-refractivity contribution in [1.82, 2.24) is 0 Å². The lowest BCUT2D eigenvalue weighted by Crippen LogP contribution is -2.15. The Morgan fingerprint density at radius 1 is 1.14 bits per heavy atom. The van der Waals surface area contributed by atoms with Crippen LogP contribution in [0, 0.1) is 32.0 Å². The molecule has 0 aromatic heterocycles. The summed E-state index contributed by atoms with van der Waals surface area (Å²) in [5.74, 6) is 0.00727. The summed E-state index contributed by atoms with van der Waals surface area (Å²) in [5, 5.41) is 7.36. The highest BCUT2D eigenvalue weighted by atomic mass is 19.1. The number of nitrogens with two attached hydrogens (primary N) is 1. The predicted octanol–water partition coefficient (Wildman–Crippen LogP) is 3.61. The summed E-state index contributed by atoms with van der Waals surface area (Å²) in [7, 11) is 0. The van der Waals surface area contributed by atoms with E-state index in [2.05, 4.69) is 0 Å². The van der Waals surface area contributed by atoms with E-state index in [0.29, 0.717) is 5.56 Å². The number of benzene rings is 2. The highest BCUT2D eigenvalue weighted by Crippen LogP contribution is 2.27. The van der Waals surface area contributed by atoms with E-state index < -0.39 is 5.82 Å². The first-order chi connectivity index (χ1) is 9.91. The van der Waals surface area contributed by atoms with E-state index in [4.69, 9.17) is 15.9 Å². The number of hydrogen-bond acceptors (Lipinski definition) is 2. The standard InChI is InChI=1S/C17H19FN2O/c1-10-7-8-11(2)16(12(10)3)21-9-13-5-4-6-14(15(13)18)17(19)20/h4-8H,9H2,1-3H3,(H3,19,20). The molecule has 4 heteroatoms. The fourth-order valence-corrected chi connectivity index (χ4v) is 2.20. The quantitative estimate of drug-likeness (QED) is 0.666. The van der Waals surface area contributed by atoms with Crippen LogP contribution in [0.4, 0.5) is 4.39 Å². The molecule has 0 aliphatic heterocycles. The largest absolute Gasteiger partial charge is 0.488 e. The van der Waals surface area contributed by atoms with Crippen molar-refractivity contribution >= 4 is 5.84 Å². The van der Waals surface area contributed by atoms with Gasteiger partial charge in [-0.2, -0.15) is 0 Å². The molecule has 110 valence electrons. The van der Waals surface area contributed by atoms with Crippen LogP contribution in [0.3, 0.4) is 0 Å². The van der Waals surface area contributed by atoms with Crippen molar-refractivity contribution in [3.05, 3.63) is 64.0 Å². The fourth-order valence-electron chi connectivity index (χ4n) is 2.20. The molecule has 0 heterocycles. The van der Waals surface area contributed by atoms with Gasteiger partial charge in [-0.25, -0.2) is 4.39 Å². The number of halogens is 1. The number of amidine groups is 1. The van der Waals surface area contributed by atoms with Crippen molar-refractivity contribution in [1.29, 1.82) is 5.41 Å². The van der Waals surface area contributed by atoms with E-state index in [-0.39, 0.29) is 18.0 Å². The topological polar surface area (TPSA) is 59.1 Å². The number of hydrogen-bond donors (Lipinski definition) is 2. The van der Waals surface area contributed by atoms with Gasteiger partial charge in [-0.3, -0.25) is 5.41 Å². The summed E-state index contributed by atoms with van der Waals surface area (Å²) >= 11 is 0. The zero-order chi connectivity index (χ0) is 15.6. The average Bonchev–Trinajstić information content (AvgIpc) is 2.44. The smallest absolute Gasteiger partial charge is 0.140 e. The molecule has 3 nitrogen and oxygen atoms in total. The second kappa shape index (κ2) is 5.95. The van der Waals surface area contributed by atoms with Crippen LogP contribution in [0.5, 0.6) is 5.75 Å². The first-order valence-electron chi connectivity index (χ1n) is 6.73. The minimum absolute atomic E-state index is 0.105. The normalized spacial score (nSPS) is 10.5. The maximum Gasteiger partial charge on any atom is 0.140 e. The van der Waals surface area contributed by atoms with Crippen LogP contribution >= 0.6 is 0 Å². The van der Waals surface area contributed by atoms with Gasteiger partial charge in [0.1, 0.15) is 24.0 Å². The highest BCUT2D eigenvalue weighted by Gasteiger charge is 2.12. The molecule has 0 aliphatic rings. The minimum Gasteiger partial charge on any atom is -0.488 e. The molecule has 0 saturated heterocycles. The Balaban J connectivity index is 2.27. The van der Waals surface area contributed by atoms with Gasteiger partial charge in [0.2, 0.25) is 0 Å². The SMILES string of the molecule is Cc1ccc(C)c(OCc2cccc(C(=N)N)c2F)c1C. The second-order valence-electron chi connectivity index (χ2n) is 5.13. The Kier molecular flexibility index (Phi) is 4.26. The van der Waals surface area contributed by atoms with Gasteiger partial charge in [-0.15, -0.1) is 0 Å². The Morgan fingerprint density at radius 3 is 2.48 bits per heavy atom. The van der Waals surface area contributed by atoms with Crippen LogP contribution in [-0.2, 0) is 6.61 Å². The maximum atomic E-state index is 14.2. The molecule has 0 amide bonds. The van der Waals surface area contributed by atoms with Crippen molar-refractivity contribution in [2.24, 2.45) is 5.73 Å². The van der Waals surface area contributed by atoms with Crippen LogP contribution in [-0.4, -0.2) is 5.84 Å². The molecule has 2 rings (SSSR count). The summed E-state index contributed by atoms with van der Waals surface area (Å²) in [6, 6.07) is 8.83. The fraction of sp³-hybridized carbons (Fsp3) is 0.235. The van der Waals surface area contributed by atoms with Crippen LogP contribution in [0.15, 0.2) is 30.3 Å². The molecule has 2 aromatic carbocycles. The average molecular weight is 286 g/mol. The molecule has 0 atom stereocenters. The first kappa shape index (κ1) is 15.0. The van der Waals surface area contributed by atoms with Gasteiger partial charge in [-0.1, -0.05) is 24.3 Å².